The monoisotopic (exact) mass is 407 g/mol. The summed E-state index contributed by atoms with van der Waals surface area (Å²) < 4.78 is 26.7. The lowest BCUT2D eigenvalue weighted by atomic mass is 10.1. The first kappa shape index (κ1) is 19.7. The van der Waals surface area contributed by atoms with E-state index < -0.39 is 10.0 Å². The smallest absolute Gasteiger partial charge is 0.317 e. The van der Waals surface area contributed by atoms with E-state index in [1.54, 1.807) is 35.2 Å². The van der Waals surface area contributed by atoms with Gasteiger partial charge in [-0.1, -0.05) is 41.9 Å². The zero-order valence-electron chi connectivity index (χ0n) is 14.8. The van der Waals surface area contributed by atoms with Crippen molar-refractivity contribution in [3.8, 4) is 0 Å². The third-order valence-electron chi connectivity index (χ3n) is 4.49. The Labute approximate surface area is 164 Å². The summed E-state index contributed by atoms with van der Waals surface area (Å²) in [5.41, 5.74) is 1.06. The van der Waals surface area contributed by atoms with Crippen LogP contribution in [0.15, 0.2) is 59.5 Å². The van der Waals surface area contributed by atoms with Crippen LogP contribution in [0.25, 0.3) is 0 Å². The number of hydrogen-bond acceptors (Lipinski definition) is 3. The number of rotatable bonds is 5. The molecule has 1 saturated heterocycles. The number of nitrogens with zero attached hydrogens (tertiary/aromatic N) is 2. The maximum Gasteiger partial charge on any atom is 0.317 e. The van der Waals surface area contributed by atoms with Crippen LogP contribution in [0.3, 0.4) is 0 Å². The lowest BCUT2D eigenvalue weighted by molar-refractivity contribution is 0.172. The highest BCUT2D eigenvalue weighted by Crippen LogP contribution is 2.17. The Morgan fingerprint density at radius 2 is 1.70 bits per heavy atom. The van der Waals surface area contributed by atoms with Crippen LogP contribution in [0.1, 0.15) is 5.56 Å². The maximum absolute atomic E-state index is 12.6. The zero-order valence-corrected chi connectivity index (χ0v) is 16.4. The van der Waals surface area contributed by atoms with Gasteiger partial charge in [0.1, 0.15) is 0 Å². The number of benzene rings is 2. The third-order valence-corrected chi connectivity index (χ3v) is 6.63. The van der Waals surface area contributed by atoms with Crippen molar-refractivity contribution in [2.75, 3.05) is 32.7 Å². The maximum atomic E-state index is 12.6. The fraction of sp³-hybridized carbons (Fsp3) is 0.316. The standard InChI is InChI=1S/C19H22ClN3O3S/c20-17-6-4-5-16(15-17)9-10-21-19(24)22-11-13-23(14-12-22)27(25,26)18-7-2-1-3-8-18/h1-8,15H,9-14H2,(H,21,24). The first-order chi connectivity index (χ1) is 13.0. The first-order valence-electron chi connectivity index (χ1n) is 8.79. The molecule has 0 atom stereocenters. The highest BCUT2D eigenvalue weighted by molar-refractivity contribution is 7.89. The third kappa shape index (κ3) is 5.00. The Kier molecular flexibility index (Phi) is 6.36. The lowest BCUT2D eigenvalue weighted by Gasteiger charge is -2.34. The lowest BCUT2D eigenvalue weighted by Crippen LogP contribution is -2.53. The van der Waals surface area contributed by atoms with Gasteiger partial charge in [-0.15, -0.1) is 0 Å². The van der Waals surface area contributed by atoms with Gasteiger partial charge in [-0.3, -0.25) is 0 Å². The second kappa shape index (κ2) is 8.73. The molecule has 0 aliphatic carbocycles. The molecule has 1 aliphatic heterocycles. The van der Waals surface area contributed by atoms with Crippen LogP contribution in [-0.4, -0.2) is 56.4 Å². The quantitative estimate of drug-likeness (QED) is 0.828. The minimum atomic E-state index is -3.51. The largest absolute Gasteiger partial charge is 0.338 e. The number of nitrogens with one attached hydrogen (secondary N) is 1. The molecule has 2 amide bonds. The zero-order chi connectivity index (χ0) is 19.3. The van der Waals surface area contributed by atoms with E-state index in [0.29, 0.717) is 44.2 Å². The van der Waals surface area contributed by atoms with E-state index in [4.69, 9.17) is 11.6 Å². The summed E-state index contributed by atoms with van der Waals surface area (Å²) in [5.74, 6) is 0. The van der Waals surface area contributed by atoms with Gasteiger partial charge in [0.15, 0.2) is 0 Å². The number of halogens is 1. The van der Waals surface area contributed by atoms with Crippen LogP contribution < -0.4 is 5.32 Å². The molecular weight excluding hydrogens is 386 g/mol. The topological polar surface area (TPSA) is 69.7 Å². The van der Waals surface area contributed by atoms with Gasteiger partial charge >= 0.3 is 6.03 Å². The van der Waals surface area contributed by atoms with Crippen LogP contribution in [-0.2, 0) is 16.4 Å². The van der Waals surface area contributed by atoms with Crippen LogP contribution in [0.5, 0.6) is 0 Å². The van der Waals surface area contributed by atoms with Crippen LogP contribution in [0.2, 0.25) is 5.02 Å². The van der Waals surface area contributed by atoms with Gasteiger partial charge in [-0.05, 0) is 36.2 Å². The summed E-state index contributed by atoms with van der Waals surface area (Å²) in [6.07, 6.45) is 0.689. The van der Waals surface area contributed by atoms with Gasteiger partial charge < -0.3 is 10.2 Å². The summed E-state index contributed by atoms with van der Waals surface area (Å²) in [4.78, 5) is 14.2. The summed E-state index contributed by atoms with van der Waals surface area (Å²) in [5, 5.41) is 3.56. The highest BCUT2D eigenvalue weighted by atomic mass is 35.5. The SMILES string of the molecule is O=C(NCCc1cccc(Cl)c1)N1CCN(S(=O)(=O)c2ccccc2)CC1. The highest BCUT2D eigenvalue weighted by Gasteiger charge is 2.29. The minimum absolute atomic E-state index is 0.172. The molecule has 1 N–H and O–H groups in total. The molecule has 144 valence electrons. The number of carbonyl (C=O) groups excluding carboxylic acids is 1. The Bertz CT molecular complexity index is 882. The van der Waals surface area contributed by atoms with Gasteiger partial charge in [0.2, 0.25) is 10.0 Å². The van der Waals surface area contributed by atoms with Gasteiger partial charge in [-0.2, -0.15) is 4.31 Å². The Morgan fingerprint density at radius 3 is 2.37 bits per heavy atom. The van der Waals surface area contributed by atoms with E-state index in [1.165, 1.54) is 4.31 Å². The fourth-order valence-electron chi connectivity index (χ4n) is 2.99. The Balaban J connectivity index is 1.48. The fourth-order valence-corrected chi connectivity index (χ4v) is 4.65. The molecule has 0 spiro atoms. The molecule has 2 aromatic carbocycles. The van der Waals surface area contributed by atoms with Crippen molar-refractivity contribution in [3.05, 3.63) is 65.2 Å². The second-order valence-corrected chi connectivity index (χ2v) is 8.69. The van der Waals surface area contributed by atoms with Gasteiger partial charge in [-0.25, -0.2) is 13.2 Å². The molecule has 0 bridgehead atoms. The number of hydrogen-bond donors (Lipinski definition) is 1. The van der Waals surface area contributed by atoms with Gasteiger partial charge in [0.25, 0.3) is 0 Å². The molecule has 27 heavy (non-hydrogen) atoms. The minimum Gasteiger partial charge on any atom is -0.338 e. The molecule has 2 aromatic rings. The Morgan fingerprint density at radius 1 is 1.00 bits per heavy atom. The van der Waals surface area contributed by atoms with Crippen molar-refractivity contribution < 1.29 is 13.2 Å². The number of sulfonamides is 1. The van der Waals surface area contributed by atoms with E-state index in [0.717, 1.165) is 5.56 Å². The Hall–Kier alpha value is -2.09. The van der Waals surface area contributed by atoms with Crippen molar-refractivity contribution in [2.24, 2.45) is 0 Å². The molecule has 1 heterocycles. The van der Waals surface area contributed by atoms with Crippen molar-refractivity contribution in [2.45, 2.75) is 11.3 Å². The number of piperazine rings is 1. The summed E-state index contributed by atoms with van der Waals surface area (Å²) in [7, 11) is -3.51. The van der Waals surface area contributed by atoms with E-state index in [9.17, 15) is 13.2 Å². The van der Waals surface area contributed by atoms with Crippen molar-refractivity contribution in [1.29, 1.82) is 0 Å². The van der Waals surface area contributed by atoms with Crippen LogP contribution >= 0.6 is 11.6 Å². The molecule has 0 radical (unpaired) electrons. The molecular formula is C19H22ClN3O3S. The predicted octanol–water partition coefficient (Wildman–Crippen LogP) is 2.60. The van der Waals surface area contributed by atoms with E-state index in [2.05, 4.69) is 5.32 Å². The van der Waals surface area contributed by atoms with Gasteiger partial charge in [0, 0.05) is 37.7 Å². The summed E-state index contributed by atoms with van der Waals surface area (Å²) >= 11 is 5.95. The molecule has 0 saturated carbocycles. The van der Waals surface area contributed by atoms with Crippen molar-refractivity contribution >= 4 is 27.7 Å². The molecule has 1 aliphatic rings. The number of carbonyl (C=O) groups is 1. The molecule has 0 aromatic heterocycles. The van der Waals surface area contributed by atoms with E-state index >= 15 is 0 Å². The average molecular weight is 408 g/mol. The number of amides is 2. The van der Waals surface area contributed by atoms with Gasteiger partial charge in [0.05, 0.1) is 4.90 Å². The predicted molar refractivity (Wildman–Crippen MR) is 105 cm³/mol. The van der Waals surface area contributed by atoms with E-state index in [1.807, 2.05) is 24.3 Å². The van der Waals surface area contributed by atoms with Crippen molar-refractivity contribution in [1.82, 2.24) is 14.5 Å². The molecule has 1 fully saturated rings. The molecule has 6 nitrogen and oxygen atoms in total. The summed E-state index contributed by atoms with van der Waals surface area (Å²) in [6, 6.07) is 15.7. The molecule has 3 rings (SSSR count). The summed E-state index contributed by atoms with van der Waals surface area (Å²) in [6.45, 7) is 1.82. The normalized spacial score (nSPS) is 15.5. The van der Waals surface area contributed by atoms with E-state index in [-0.39, 0.29) is 10.9 Å². The molecule has 0 unspecified atom stereocenters. The average Bonchev–Trinajstić information content (AvgIpc) is 2.69. The van der Waals surface area contributed by atoms with Crippen LogP contribution in [0.4, 0.5) is 4.79 Å². The number of urea groups is 1. The molecule has 8 heteroatoms. The second-order valence-electron chi connectivity index (χ2n) is 6.32. The van der Waals surface area contributed by atoms with Crippen LogP contribution in [0, 0.1) is 0 Å². The van der Waals surface area contributed by atoms with Crippen molar-refractivity contribution in [3.63, 3.8) is 0 Å². The first-order valence-corrected chi connectivity index (χ1v) is 10.6.